The highest BCUT2D eigenvalue weighted by Gasteiger charge is 2.40. The lowest BCUT2D eigenvalue weighted by molar-refractivity contribution is -0.138. The van der Waals surface area contributed by atoms with Crippen LogP contribution in [0.2, 0.25) is 0 Å². The smallest absolute Gasteiger partial charge is 0.416 e. The summed E-state index contributed by atoms with van der Waals surface area (Å²) in [5.41, 5.74) is 1.60. The molecule has 0 aliphatic carbocycles. The molecule has 1 fully saturated rings. The lowest BCUT2D eigenvalue weighted by atomic mass is 9.75. The summed E-state index contributed by atoms with van der Waals surface area (Å²) in [6, 6.07) is 11.4. The third kappa shape index (κ3) is 3.90. The third-order valence-electron chi connectivity index (χ3n) is 6.32. The maximum Gasteiger partial charge on any atom is 0.416 e. The molecule has 1 amide bonds. The lowest BCUT2D eigenvalue weighted by Gasteiger charge is -2.46. The molecule has 2 heterocycles. The number of benzene rings is 2. The highest BCUT2D eigenvalue weighted by Crippen LogP contribution is 2.39. The molecule has 2 aliphatic heterocycles. The Kier molecular flexibility index (Phi) is 5.49. The second-order valence-electron chi connectivity index (χ2n) is 7.99. The third-order valence-corrected chi connectivity index (χ3v) is 6.32. The van der Waals surface area contributed by atoms with Crippen LogP contribution in [0.4, 0.5) is 13.2 Å². The number of piperidine rings is 1. The molecule has 0 saturated carbocycles. The normalized spacial score (nSPS) is 18.2. The Morgan fingerprint density at radius 3 is 2.60 bits per heavy atom. The first kappa shape index (κ1) is 20.7. The zero-order chi connectivity index (χ0) is 21.4. The summed E-state index contributed by atoms with van der Waals surface area (Å²) in [6.07, 6.45) is -2.30. The fourth-order valence-electron chi connectivity index (χ4n) is 4.71. The van der Waals surface area contributed by atoms with E-state index in [9.17, 15) is 18.0 Å². The quantitative estimate of drug-likeness (QED) is 0.822. The molecule has 0 unspecified atom stereocenters. The number of amides is 1. The van der Waals surface area contributed by atoms with Gasteiger partial charge in [0.15, 0.2) is 0 Å². The van der Waals surface area contributed by atoms with Crippen molar-refractivity contribution in [3.8, 4) is 5.75 Å². The van der Waals surface area contributed by atoms with Crippen molar-refractivity contribution in [3.05, 3.63) is 64.7 Å². The Balaban J connectivity index is 1.47. The van der Waals surface area contributed by atoms with Crippen molar-refractivity contribution in [2.75, 3.05) is 26.7 Å². The van der Waals surface area contributed by atoms with E-state index in [2.05, 4.69) is 17.4 Å². The number of hydrogen-bond acceptors (Lipinski definition) is 3. The number of carbonyl (C=O) groups excluding carboxylic acids is 1. The standard InChI is InChI=1S/C23H25F3N2O2/c1-30-18-6-7-19-17(14-18)8-11-27-22(19)9-12-28(13-10-22)21(29)15-16-4-2-3-5-20(16)23(24,25)26/h2-7,14,27H,8-13,15H2,1H3. The summed E-state index contributed by atoms with van der Waals surface area (Å²) in [5, 5.41) is 3.64. The van der Waals surface area contributed by atoms with Crippen LogP contribution in [-0.2, 0) is 29.4 Å². The Morgan fingerprint density at radius 2 is 1.90 bits per heavy atom. The Morgan fingerprint density at radius 1 is 1.17 bits per heavy atom. The van der Waals surface area contributed by atoms with E-state index in [1.165, 1.54) is 23.3 Å². The molecule has 2 aliphatic rings. The Labute approximate surface area is 174 Å². The minimum atomic E-state index is -4.46. The number of ether oxygens (including phenoxy) is 1. The summed E-state index contributed by atoms with van der Waals surface area (Å²) < 4.78 is 45.0. The van der Waals surface area contributed by atoms with E-state index < -0.39 is 11.7 Å². The van der Waals surface area contributed by atoms with Crippen LogP contribution in [0.5, 0.6) is 5.75 Å². The van der Waals surface area contributed by atoms with E-state index in [4.69, 9.17) is 4.74 Å². The predicted molar refractivity (Wildman–Crippen MR) is 107 cm³/mol. The van der Waals surface area contributed by atoms with Crippen LogP contribution < -0.4 is 10.1 Å². The summed E-state index contributed by atoms with van der Waals surface area (Å²) in [4.78, 5) is 14.5. The molecule has 7 heteroatoms. The minimum absolute atomic E-state index is 0.0310. The molecule has 0 bridgehead atoms. The molecule has 4 nitrogen and oxygen atoms in total. The van der Waals surface area contributed by atoms with Crippen LogP contribution in [0.3, 0.4) is 0 Å². The topological polar surface area (TPSA) is 41.6 Å². The molecular formula is C23H25F3N2O2. The summed E-state index contributed by atoms with van der Waals surface area (Å²) in [6.45, 7) is 1.89. The van der Waals surface area contributed by atoms with Crippen molar-refractivity contribution in [1.29, 1.82) is 0 Å². The van der Waals surface area contributed by atoms with Crippen molar-refractivity contribution in [1.82, 2.24) is 10.2 Å². The second-order valence-corrected chi connectivity index (χ2v) is 7.99. The molecular weight excluding hydrogens is 393 g/mol. The highest BCUT2D eigenvalue weighted by atomic mass is 19.4. The van der Waals surface area contributed by atoms with Gasteiger partial charge in [-0.25, -0.2) is 0 Å². The maximum absolute atomic E-state index is 13.2. The molecule has 2 aromatic carbocycles. The van der Waals surface area contributed by atoms with Gasteiger partial charge >= 0.3 is 6.18 Å². The Hall–Kier alpha value is -2.54. The van der Waals surface area contributed by atoms with E-state index in [1.54, 1.807) is 18.1 Å². The maximum atomic E-state index is 13.2. The van der Waals surface area contributed by atoms with Crippen molar-refractivity contribution in [2.45, 2.75) is 37.4 Å². The van der Waals surface area contributed by atoms with Gasteiger partial charge in [0.05, 0.1) is 19.1 Å². The van der Waals surface area contributed by atoms with Crippen molar-refractivity contribution >= 4 is 5.91 Å². The largest absolute Gasteiger partial charge is 0.497 e. The molecule has 0 atom stereocenters. The zero-order valence-electron chi connectivity index (χ0n) is 16.9. The van der Waals surface area contributed by atoms with Gasteiger partial charge in [-0.3, -0.25) is 4.79 Å². The fourth-order valence-corrected chi connectivity index (χ4v) is 4.71. The molecule has 160 valence electrons. The highest BCUT2D eigenvalue weighted by molar-refractivity contribution is 5.79. The molecule has 4 rings (SSSR count). The number of nitrogens with zero attached hydrogens (tertiary/aromatic N) is 1. The lowest BCUT2D eigenvalue weighted by Crippen LogP contribution is -2.55. The van der Waals surface area contributed by atoms with Crippen LogP contribution in [0, 0.1) is 0 Å². The second kappa shape index (κ2) is 7.95. The average Bonchev–Trinajstić information content (AvgIpc) is 2.74. The van der Waals surface area contributed by atoms with E-state index in [0.29, 0.717) is 13.1 Å². The van der Waals surface area contributed by atoms with Crippen LogP contribution in [0.15, 0.2) is 42.5 Å². The van der Waals surface area contributed by atoms with E-state index in [-0.39, 0.29) is 23.4 Å². The average molecular weight is 418 g/mol. The van der Waals surface area contributed by atoms with Crippen LogP contribution in [0.25, 0.3) is 0 Å². The number of methoxy groups -OCH3 is 1. The van der Waals surface area contributed by atoms with Gasteiger partial charge in [0.1, 0.15) is 5.75 Å². The molecule has 1 spiro atoms. The Bertz CT molecular complexity index is 934. The van der Waals surface area contributed by atoms with Crippen molar-refractivity contribution in [3.63, 3.8) is 0 Å². The predicted octanol–water partition coefficient (Wildman–Crippen LogP) is 3.92. The molecule has 1 saturated heterocycles. The van der Waals surface area contributed by atoms with Crippen LogP contribution >= 0.6 is 0 Å². The minimum Gasteiger partial charge on any atom is -0.497 e. The van der Waals surface area contributed by atoms with Gasteiger partial charge in [-0.15, -0.1) is 0 Å². The van der Waals surface area contributed by atoms with Gasteiger partial charge in [0, 0.05) is 25.2 Å². The van der Waals surface area contributed by atoms with E-state index in [1.807, 2.05) is 6.07 Å². The zero-order valence-corrected chi connectivity index (χ0v) is 16.9. The SMILES string of the molecule is COc1ccc2c(c1)CCNC21CCN(C(=O)Cc2ccccc2C(F)(F)F)CC1. The van der Waals surface area contributed by atoms with E-state index in [0.717, 1.165) is 37.6 Å². The van der Waals surface area contributed by atoms with E-state index >= 15 is 0 Å². The number of alkyl halides is 3. The number of rotatable bonds is 3. The van der Waals surface area contributed by atoms with Gasteiger partial charge in [-0.05, 0) is 54.2 Å². The molecule has 0 radical (unpaired) electrons. The van der Waals surface area contributed by atoms with Crippen LogP contribution in [0.1, 0.15) is 35.1 Å². The van der Waals surface area contributed by atoms with Crippen molar-refractivity contribution < 1.29 is 22.7 Å². The number of hydrogen-bond donors (Lipinski definition) is 1. The molecule has 1 N–H and O–H groups in total. The molecule has 30 heavy (non-hydrogen) atoms. The number of halogens is 3. The first-order chi connectivity index (χ1) is 14.3. The molecule has 0 aromatic heterocycles. The first-order valence-corrected chi connectivity index (χ1v) is 10.2. The number of fused-ring (bicyclic) bond motifs is 2. The van der Waals surface area contributed by atoms with Crippen LogP contribution in [-0.4, -0.2) is 37.6 Å². The van der Waals surface area contributed by atoms with Gasteiger partial charge in [0.2, 0.25) is 5.91 Å². The number of nitrogens with one attached hydrogen (secondary N) is 1. The van der Waals surface area contributed by atoms with Gasteiger partial charge in [-0.1, -0.05) is 24.3 Å². The molecule has 2 aromatic rings. The number of likely N-dealkylation sites (tertiary alicyclic amines) is 1. The monoisotopic (exact) mass is 418 g/mol. The summed E-state index contributed by atoms with van der Waals surface area (Å²) in [7, 11) is 1.65. The van der Waals surface area contributed by atoms with Crippen molar-refractivity contribution in [2.24, 2.45) is 0 Å². The first-order valence-electron chi connectivity index (χ1n) is 10.2. The summed E-state index contributed by atoms with van der Waals surface area (Å²) in [5.74, 6) is 0.578. The summed E-state index contributed by atoms with van der Waals surface area (Å²) >= 11 is 0. The fraction of sp³-hybridized carbons (Fsp3) is 0.435. The van der Waals surface area contributed by atoms with Gasteiger partial charge in [0.25, 0.3) is 0 Å². The van der Waals surface area contributed by atoms with Gasteiger partial charge < -0.3 is 15.0 Å². The van der Waals surface area contributed by atoms with Gasteiger partial charge in [-0.2, -0.15) is 13.2 Å². The number of carbonyl (C=O) groups is 1.